The van der Waals surface area contributed by atoms with Gasteiger partial charge in [-0.1, -0.05) is 32.0 Å². The highest BCUT2D eigenvalue weighted by Crippen LogP contribution is 2.15. The number of hydrogen-bond donors (Lipinski definition) is 1. The van der Waals surface area contributed by atoms with Crippen molar-refractivity contribution in [1.29, 1.82) is 0 Å². The summed E-state index contributed by atoms with van der Waals surface area (Å²) in [6.07, 6.45) is 1.40. The van der Waals surface area contributed by atoms with Gasteiger partial charge in [-0.3, -0.25) is 4.79 Å². The molecule has 25 heavy (non-hydrogen) atoms. The standard InChI is InChI=1S/C19H23NO5/c1-13(2)17(20-18(21)16-9-6-10-23-16)19(22)25-12-11-24-15-8-5-4-7-14(15)3/h4-10,13,17H,11-12H2,1-3H3,(H,20,21). The molecule has 0 aliphatic carbocycles. The molecule has 6 nitrogen and oxygen atoms in total. The van der Waals surface area contributed by atoms with Crippen molar-refractivity contribution in [2.45, 2.75) is 26.8 Å². The zero-order valence-corrected chi connectivity index (χ0v) is 14.7. The second kappa shape index (κ2) is 8.92. The second-order valence-electron chi connectivity index (χ2n) is 5.95. The van der Waals surface area contributed by atoms with Gasteiger partial charge in [-0.05, 0) is 36.6 Å². The maximum Gasteiger partial charge on any atom is 0.329 e. The van der Waals surface area contributed by atoms with Crippen molar-refractivity contribution >= 4 is 11.9 Å². The average Bonchev–Trinajstić information content (AvgIpc) is 3.12. The van der Waals surface area contributed by atoms with Gasteiger partial charge >= 0.3 is 5.97 Å². The third-order valence-electron chi connectivity index (χ3n) is 3.63. The molecule has 2 aromatic rings. The SMILES string of the molecule is Cc1ccccc1OCCOC(=O)C(NC(=O)c1ccco1)C(C)C. The Kier molecular flexibility index (Phi) is 6.62. The van der Waals surface area contributed by atoms with Crippen LogP contribution in [0.4, 0.5) is 0 Å². The average molecular weight is 345 g/mol. The lowest BCUT2D eigenvalue weighted by molar-refractivity contribution is -0.147. The predicted molar refractivity (Wildman–Crippen MR) is 92.4 cm³/mol. The minimum absolute atomic E-state index is 0.104. The van der Waals surface area contributed by atoms with Crippen LogP contribution >= 0.6 is 0 Å². The summed E-state index contributed by atoms with van der Waals surface area (Å²) in [5.74, 6) is -0.157. The Balaban J connectivity index is 1.82. The largest absolute Gasteiger partial charge is 0.490 e. The maximum atomic E-state index is 12.2. The van der Waals surface area contributed by atoms with Crippen molar-refractivity contribution in [2.75, 3.05) is 13.2 Å². The van der Waals surface area contributed by atoms with Gasteiger partial charge in [0.05, 0.1) is 6.26 Å². The van der Waals surface area contributed by atoms with Crippen LogP contribution in [0.2, 0.25) is 0 Å². The summed E-state index contributed by atoms with van der Waals surface area (Å²) >= 11 is 0. The minimum atomic E-state index is -0.754. The van der Waals surface area contributed by atoms with Gasteiger partial charge in [-0.25, -0.2) is 4.79 Å². The summed E-state index contributed by atoms with van der Waals surface area (Å²) < 4.78 is 15.9. The van der Waals surface area contributed by atoms with Crippen LogP contribution in [0.3, 0.4) is 0 Å². The van der Waals surface area contributed by atoms with Crippen LogP contribution in [-0.4, -0.2) is 31.1 Å². The van der Waals surface area contributed by atoms with Gasteiger partial charge in [0.2, 0.25) is 0 Å². The molecule has 1 aromatic heterocycles. The highest BCUT2D eigenvalue weighted by Gasteiger charge is 2.26. The Morgan fingerprint density at radius 2 is 1.88 bits per heavy atom. The molecule has 1 N–H and O–H groups in total. The van der Waals surface area contributed by atoms with Gasteiger partial charge in [0.15, 0.2) is 5.76 Å². The number of para-hydroxylation sites is 1. The molecule has 0 saturated carbocycles. The lowest BCUT2D eigenvalue weighted by Gasteiger charge is -2.20. The van der Waals surface area contributed by atoms with E-state index in [0.29, 0.717) is 0 Å². The second-order valence-corrected chi connectivity index (χ2v) is 5.95. The highest BCUT2D eigenvalue weighted by atomic mass is 16.6. The van der Waals surface area contributed by atoms with E-state index in [1.54, 1.807) is 6.07 Å². The molecule has 0 saturated heterocycles. The van der Waals surface area contributed by atoms with Crippen molar-refractivity contribution in [2.24, 2.45) is 5.92 Å². The van der Waals surface area contributed by atoms with Crippen molar-refractivity contribution in [3.05, 3.63) is 54.0 Å². The molecule has 1 amide bonds. The number of rotatable bonds is 8. The van der Waals surface area contributed by atoms with Crippen LogP contribution in [0, 0.1) is 12.8 Å². The number of esters is 1. The highest BCUT2D eigenvalue weighted by molar-refractivity contribution is 5.94. The molecule has 0 aliphatic rings. The summed E-state index contributed by atoms with van der Waals surface area (Å²) in [6, 6.07) is 10.0. The molecule has 0 spiro atoms. The van der Waals surface area contributed by atoms with Crippen molar-refractivity contribution in [3.8, 4) is 5.75 Å². The van der Waals surface area contributed by atoms with E-state index in [1.807, 2.05) is 45.0 Å². The maximum absolute atomic E-state index is 12.2. The first-order chi connectivity index (χ1) is 12.0. The lowest BCUT2D eigenvalue weighted by Crippen LogP contribution is -2.45. The Bertz CT molecular complexity index is 694. The summed E-state index contributed by atoms with van der Waals surface area (Å²) in [5.41, 5.74) is 1.01. The molecule has 0 radical (unpaired) electrons. The van der Waals surface area contributed by atoms with E-state index in [9.17, 15) is 9.59 Å². The summed E-state index contributed by atoms with van der Waals surface area (Å²) in [4.78, 5) is 24.3. The fourth-order valence-corrected chi connectivity index (χ4v) is 2.22. The summed E-state index contributed by atoms with van der Waals surface area (Å²) in [7, 11) is 0. The molecule has 1 heterocycles. The minimum Gasteiger partial charge on any atom is -0.490 e. The van der Waals surface area contributed by atoms with Crippen molar-refractivity contribution < 1.29 is 23.5 Å². The smallest absolute Gasteiger partial charge is 0.329 e. The van der Waals surface area contributed by atoms with Gasteiger partial charge in [-0.15, -0.1) is 0 Å². The number of nitrogens with one attached hydrogen (secondary N) is 1. The topological polar surface area (TPSA) is 77.8 Å². The van der Waals surface area contributed by atoms with Crippen LogP contribution in [0.5, 0.6) is 5.75 Å². The lowest BCUT2D eigenvalue weighted by atomic mass is 10.0. The van der Waals surface area contributed by atoms with Gasteiger partial charge in [-0.2, -0.15) is 0 Å². The molecule has 1 atom stereocenters. The molecule has 0 aliphatic heterocycles. The Morgan fingerprint density at radius 3 is 2.52 bits per heavy atom. The van der Waals surface area contributed by atoms with Crippen LogP contribution < -0.4 is 10.1 Å². The number of benzene rings is 1. The third-order valence-corrected chi connectivity index (χ3v) is 3.63. The van der Waals surface area contributed by atoms with E-state index in [0.717, 1.165) is 11.3 Å². The monoisotopic (exact) mass is 345 g/mol. The van der Waals surface area contributed by atoms with Crippen LogP contribution in [-0.2, 0) is 9.53 Å². The molecule has 1 aromatic carbocycles. The molecule has 0 fully saturated rings. The van der Waals surface area contributed by atoms with Crippen molar-refractivity contribution in [1.82, 2.24) is 5.32 Å². The number of carbonyl (C=O) groups is 2. The van der Waals surface area contributed by atoms with Gasteiger partial charge in [0.25, 0.3) is 5.91 Å². The first-order valence-corrected chi connectivity index (χ1v) is 8.18. The molecule has 6 heteroatoms. The number of carbonyl (C=O) groups excluding carboxylic acids is 2. The van der Waals surface area contributed by atoms with E-state index in [4.69, 9.17) is 13.9 Å². The normalized spacial score (nSPS) is 11.8. The molecule has 134 valence electrons. The zero-order chi connectivity index (χ0) is 18.2. The first-order valence-electron chi connectivity index (χ1n) is 8.18. The number of aryl methyl sites for hydroxylation is 1. The van der Waals surface area contributed by atoms with Gasteiger partial charge < -0.3 is 19.2 Å². The number of ether oxygens (including phenoxy) is 2. The summed E-state index contributed by atoms with van der Waals surface area (Å²) in [6.45, 7) is 5.96. The number of amides is 1. The van der Waals surface area contributed by atoms with E-state index in [1.165, 1.54) is 12.3 Å². The number of hydrogen-bond acceptors (Lipinski definition) is 5. The fraction of sp³-hybridized carbons (Fsp3) is 0.368. The fourth-order valence-electron chi connectivity index (χ4n) is 2.22. The number of furan rings is 1. The van der Waals surface area contributed by atoms with E-state index in [2.05, 4.69) is 5.32 Å². The van der Waals surface area contributed by atoms with Crippen LogP contribution in [0.15, 0.2) is 47.1 Å². The molecule has 2 rings (SSSR count). The van der Waals surface area contributed by atoms with Crippen LogP contribution in [0.25, 0.3) is 0 Å². The van der Waals surface area contributed by atoms with Gasteiger partial charge in [0.1, 0.15) is 25.0 Å². The molecular formula is C19H23NO5. The Labute approximate surface area is 147 Å². The predicted octanol–water partition coefficient (Wildman–Crippen LogP) is 2.96. The zero-order valence-electron chi connectivity index (χ0n) is 14.7. The van der Waals surface area contributed by atoms with E-state index in [-0.39, 0.29) is 24.9 Å². The Hall–Kier alpha value is -2.76. The van der Waals surface area contributed by atoms with Gasteiger partial charge in [0, 0.05) is 0 Å². The van der Waals surface area contributed by atoms with E-state index >= 15 is 0 Å². The molecular weight excluding hydrogens is 322 g/mol. The summed E-state index contributed by atoms with van der Waals surface area (Å²) in [5, 5.41) is 2.64. The third kappa shape index (κ3) is 5.38. The molecule has 0 bridgehead atoms. The van der Waals surface area contributed by atoms with Crippen LogP contribution in [0.1, 0.15) is 30.0 Å². The van der Waals surface area contributed by atoms with E-state index < -0.39 is 17.9 Å². The quantitative estimate of drug-likeness (QED) is 0.588. The molecule has 1 unspecified atom stereocenters. The first kappa shape index (κ1) is 18.6. The Morgan fingerprint density at radius 1 is 1.12 bits per heavy atom. The van der Waals surface area contributed by atoms with Crippen molar-refractivity contribution in [3.63, 3.8) is 0 Å².